The number of Topliss-reactive ketones (excluding diaryl/α,β-unsaturated/α-hetero) is 1. The van der Waals surface area contributed by atoms with Crippen LogP contribution in [-0.2, 0) is 0 Å². The highest BCUT2D eigenvalue weighted by Crippen LogP contribution is 2.40. The number of carbonyl (C=O) groups is 2. The highest BCUT2D eigenvalue weighted by atomic mass is 79.9. The molecule has 0 saturated heterocycles. The second-order valence-electron chi connectivity index (χ2n) is 6.51. The highest BCUT2D eigenvalue weighted by molar-refractivity contribution is 9.10. The van der Waals surface area contributed by atoms with E-state index in [2.05, 4.69) is 15.9 Å². The number of benzene rings is 3. The van der Waals surface area contributed by atoms with Crippen molar-refractivity contribution in [2.24, 2.45) is 0 Å². The van der Waals surface area contributed by atoms with Crippen molar-refractivity contribution in [2.45, 2.75) is 6.92 Å². The van der Waals surface area contributed by atoms with Gasteiger partial charge in [0.05, 0.1) is 11.1 Å². The zero-order valence-electron chi connectivity index (χ0n) is 15.5. The Hall–Kier alpha value is -2.60. The van der Waals surface area contributed by atoms with E-state index in [1.165, 1.54) is 6.08 Å². The van der Waals surface area contributed by atoms with E-state index in [0.29, 0.717) is 48.3 Å². The summed E-state index contributed by atoms with van der Waals surface area (Å²) in [6, 6.07) is 15.2. The zero-order valence-corrected chi connectivity index (χ0v) is 18.6. The Morgan fingerprint density at radius 1 is 1.03 bits per heavy atom. The van der Waals surface area contributed by atoms with Crippen LogP contribution in [0.15, 0.2) is 64.8 Å². The van der Waals surface area contributed by atoms with Crippen LogP contribution in [0.1, 0.15) is 31.8 Å². The van der Waals surface area contributed by atoms with Gasteiger partial charge in [0.15, 0.2) is 5.76 Å². The third-order valence-corrected chi connectivity index (χ3v) is 5.96. The summed E-state index contributed by atoms with van der Waals surface area (Å²) in [6.45, 7) is 1.72. The van der Waals surface area contributed by atoms with Gasteiger partial charge in [-0.2, -0.15) is 0 Å². The predicted octanol–water partition coefficient (Wildman–Crippen LogP) is 6.90. The van der Waals surface area contributed by atoms with Crippen LogP contribution in [0.25, 0.3) is 6.08 Å². The Labute approximate surface area is 191 Å². The number of allylic oxidation sites excluding steroid dienone is 1. The van der Waals surface area contributed by atoms with Crippen LogP contribution in [0.2, 0.25) is 10.0 Å². The molecule has 3 aromatic rings. The molecule has 1 aliphatic rings. The lowest BCUT2D eigenvalue weighted by Gasteiger charge is -2.10. The van der Waals surface area contributed by atoms with Crippen LogP contribution < -0.4 is 9.47 Å². The van der Waals surface area contributed by atoms with E-state index < -0.39 is 5.97 Å². The number of ketones is 1. The zero-order chi connectivity index (χ0) is 21.4. The van der Waals surface area contributed by atoms with Crippen molar-refractivity contribution in [2.75, 3.05) is 0 Å². The molecular formula is C23H13BrCl2O4. The topological polar surface area (TPSA) is 52.6 Å². The Morgan fingerprint density at radius 2 is 1.73 bits per heavy atom. The Bertz CT molecular complexity index is 1210. The van der Waals surface area contributed by atoms with Gasteiger partial charge in [-0.05, 0) is 65.3 Å². The van der Waals surface area contributed by atoms with Gasteiger partial charge in [-0.25, -0.2) is 4.79 Å². The normalized spacial score (nSPS) is 13.9. The molecule has 0 N–H and O–H groups in total. The molecule has 1 heterocycles. The molecule has 30 heavy (non-hydrogen) atoms. The van der Waals surface area contributed by atoms with Crippen molar-refractivity contribution in [1.29, 1.82) is 0 Å². The van der Waals surface area contributed by atoms with Crippen molar-refractivity contribution in [3.05, 3.63) is 97.1 Å². The summed E-state index contributed by atoms with van der Waals surface area (Å²) in [5, 5.41) is 0.810. The number of ether oxygens (including phenoxy) is 2. The molecule has 0 radical (unpaired) electrons. The van der Waals surface area contributed by atoms with E-state index in [4.69, 9.17) is 32.7 Å². The summed E-state index contributed by atoms with van der Waals surface area (Å²) in [5.74, 6) is -0.0789. The quantitative estimate of drug-likeness (QED) is 0.221. The van der Waals surface area contributed by atoms with Crippen molar-refractivity contribution in [3.8, 4) is 11.5 Å². The highest BCUT2D eigenvalue weighted by Gasteiger charge is 2.31. The first-order valence-corrected chi connectivity index (χ1v) is 10.4. The largest absolute Gasteiger partial charge is 0.452 e. The molecular weight excluding hydrogens is 491 g/mol. The lowest BCUT2D eigenvalue weighted by Crippen LogP contribution is -2.10. The molecule has 0 fully saturated rings. The van der Waals surface area contributed by atoms with E-state index in [9.17, 15) is 9.59 Å². The summed E-state index contributed by atoms with van der Waals surface area (Å²) in [6.07, 6.45) is 1.51. The average Bonchev–Trinajstić information content (AvgIpc) is 3.03. The number of fused-ring (bicyclic) bond motifs is 1. The van der Waals surface area contributed by atoms with Crippen LogP contribution in [0.4, 0.5) is 0 Å². The maximum atomic E-state index is 12.8. The van der Waals surface area contributed by atoms with Gasteiger partial charge < -0.3 is 9.47 Å². The number of hydrogen-bond donors (Lipinski definition) is 0. The van der Waals surface area contributed by atoms with Crippen molar-refractivity contribution in [1.82, 2.24) is 0 Å². The van der Waals surface area contributed by atoms with Gasteiger partial charge in [-0.1, -0.05) is 41.4 Å². The summed E-state index contributed by atoms with van der Waals surface area (Å²) in [5.41, 5.74) is 1.80. The maximum absolute atomic E-state index is 12.8. The first-order chi connectivity index (χ1) is 14.4. The smallest absolute Gasteiger partial charge is 0.344 e. The molecule has 4 nitrogen and oxygen atoms in total. The van der Waals surface area contributed by atoms with Gasteiger partial charge in [0.25, 0.3) is 0 Å². The second-order valence-corrected chi connectivity index (χ2v) is 8.18. The minimum atomic E-state index is -0.520. The molecule has 0 spiro atoms. The number of carbonyl (C=O) groups excluding carboxylic acids is 2. The number of hydrogen-bond acceptors (Lipinski definition) is 4. The van der Waals surface area contributed by atoms with Crippen molar-refractivity contribution in [3.63, 3.8) is 0 Å². The molecule has 0 unspecified atom stereocenters. The molecule has 4 rings (SSSR count). The summed E-state index contributed by atoms with van der Waals surface area (Å²) in [4.78, 5) is 25.3. The number of rotatable bonds is 3. The number of halogens is 3. The molecule has 1 aliphatic heterocycles. The fourth-order valence-corrected chi connectivity index (χ4v) is 3.99. The summed E-state index contributed by atoms with van der Waals surface area (Å²) in [7, 11) is 0. The van der Waals surface area contributed by atoms with Gasteiger partial charge in [0, 0.05) is 25.6 Å². The standard InChI is InChI=1S/C23H13BrCl2O4/c1-12-19(30-23(28)13-5-2-3-6-16(13)24)10-9-14-21(27)20(29-22(12)14)11-15-17(25)7-4-8-18(15)26/h2-11H,1H3/b20-11-. The predicted molar refractivity (Wildman–Crippen MR) is 120 cm³/mol. The lowest BCUT2D eigenvalue weighted by atomic mass is 10.1. The SMILES string of the molecule is Cc1c(OC(=O)c2ccccc2Br)ccc2c1O/C(=C\c1c(Cl)cccc1Cl)C2=O. The molecule has 0 amide bonds. The van der Waals surface area contributed by atoms with Gasteiger partial charge >= 0.3 is 5.97 Å². The molecule has 0 aliphatic carbocycles. The minimum absolute atomic E-state index is 0.0948. The third kappa shape index (κ3) is 3.76. The van der Waals surface area contributed by atoms with Crippen molar-refractivity contribution < 1.29 is 19.1 Å². The molecule has 3 aromatic carbocycles. The van der Waals surface area contributed by atoms with Crippen LogP contribution in [-0.4, -0.2) is 11.8 Å². The molecule has 0 saturated carbocycles. The first-order valence-electron chi connectivity index (χ1n) is 8.85. The molecule has 0 atom stereocenters. The average molecular weight is 504 g/mol. The van der Waals surface area contributed by atoms with E-state index in [-0.39, 0.29) is 11.5 Å². The van der Waals surface area contributed by atoms with Gasteiger partial charge in [-0.3, -0.25) is 4.79 Å². The minimum Gasteiger partial charge on any atom is -0.452 e. The Balaban J connectivity index is 1.66. The molecule has 0 bridgehead atoms. The fraction of sp³-hybridized carbons (Fsp3) is 0.0435. The van der Waals surface area contributed by atoms with Gasteiger partial charge in [0.2, 0.25) is 5.78 Å². The van der Waals surface area contributed by atoms with E-state index in [1.807, 2.05) is 0 Å². The third-order valence-electron chi connectivity index (χ3n) is 4.61. The number of esters is 1. The van der Waals surface area contributed by atoms with E-state index >= 15 is 0 Å². The van der Waals surface area contributed by atoms with Crippen LogP contribution in [0, 0.1) is 6.92 Å². The van der Waals surface area contributed by atoms with Gasteiger partial charge in [-0.15, -0.1) is 0 Å². The second kappa shape index (κ2) is 8.26. The van der Waals surface area contributed by atoms with E-state index in [0.717, 1.165) is 0 Å². The summed E-state index contributed by atoms with van der Waals surface area (Å²) >= 11 is 15.7. The fourth-order valence-electron chi connectivity index (χ4n) is 3.04. The molecule has 0 aromatic heterocycles. The van der Waals surface area contributed by atoms with Crippen LogP contribution in [0.5, 0.6) is 11.5 Å². The van der Waals surface area contributed by atoms with Gasteiger partial charge in [0.1, 0.15) is 11.5 Å². The van der Waals surface area contributed by atoms with E-state index in [1.54, 1.807) is 61.5 Å². The Morgan fingerprint density at radius 3 is 2.43 bits per heavy atom. The van der Waals surface area contributed by atoms with Crippen LogP contribution >= 0.6 is 39.1 Å². The van der Waals surface area contributed by atoms with Crippen molar-refractivity contribution >= 4 is 57.0 Å². The maximum Gasteiger partial charge on any atom is 0.344 e. The molecule has 7 heteroatoms. The lowest BCUT2D eigenvalue weighted by molar-refractivity contribution is 0.0732. The monoisotopic (exact) mass is 502 g/mol. The van der Waals surface area contributed by atoms with Crippen LogP contribution in [0.3, 0.4) is 0 Å². The Kier molecular flexibility index (Phi) is 5.69. The summed E-state index contributed by atoms with van der Waals surface area (Å²) < 4.78 is 12.0. The first kappa shape index (κ1) is 20.7. The molecule has 150 valence electrons.